The number of benzene rings is 3. The van der Waals surface area contributed by atoms with E-state index in [0.29, 0.717) is 25.0 Å². The molecule has 0 unspecified atom stereocenters. The van der Waals surface area contributed by atoms with Crippen LogP contribution in [0.5, 0.6) is 5.75 Å². The van der Waals surface area contributed by atoms with Crippen molar-refractivity contribution in [1.82, 2.24) is 0 Å². The lowest BCUT2D eigenvalue weighted by Crippen LogP contribution is -2.27. The Morgan fingerprint density at radius 3 is 2.43 bits per heavy atom. The molecule has 4 rings (SSSR count). The van der Waals surface area contributed by atoms with Gasteiger partial charge in [-0.05, 0) is 81.3 Å². The van der Waals surface area contributed by atoms with Crippen molar-refractivity contribution in [3.63, 3.8) is 0 Å². The predicted octanol–water partition coefficient (Wildman–Crippen LogP) is 8.44. The van der Waals surface area contributed by atoms with E-state index in [4.69, 9.17) is 40.2 Å². The molecule has 0 aliphatic carbocycles. The first-order valence-electron chi connectivity index (χ1n) is 12.0. The van der Waals surface area contributed by atoms with Gasteiger partial charge < -0.3 is 9.64 Å². The van der Waals surface area contributed by atoms with Gasteiger partial charge in [0.05, 0.1) is 10.6 Å². The molecule has 3 aromatic carbocycles. The fraction of sp³-hybridized carbons (Fsp3) is 0.241. The molecule has 192 valence electrons. The molecule has 0 spiro atoms. The van der Waals surface area contributed by atoms with Gasteiger partial charge in [-0.2, -0.15) is 0 Å². The highest BCUT2D eigenvalue weighted by Crippen LogP contribution is 2.38. The Hall–Kier alpha value is -2.51. The molecule has 0 N–H and O–H groups in total. The highest BCUT2D eigenvalue weighted by Gasteiger charge is 2.33. The largest absolute Gasteiger partial charge is 0.488 e. The van der Waals surface area contributed by atoms with Gasteiger partial charge in [0.25, 0.3) is 5.91 Å². The summed E-state index contributed by atoms with van der Waals surface area (Å²) in [6, 6.07) is 17.3. The Kier molecular flexibility index (Phi) is 8.86. The van der Waals surface area contributed by atoms with Crippen LogP contribution >= 0.6 is 47.2 Å². The van der Waals surface area contributed by atoms with Crippen molar-refractivity contribution in [1.29, 1.82) is 0 Å². The van der Waals surface area contributed by atoms with E-state index in [1.165, 1.54) is 17.3 Å². The molecular weight excluding hydrogens is 543 g/mol. The third-order valence-corrected chi connectivity index (χ3v) is 8.24. The van der Waals surface area contributed by atoms with E-state index in [1.807, 2.05) is 62.4 Å². The lowest BCUT2D eigenvalue weighted by Gasteiger charge is -2.22. The van der Waals surface area contributed by atoms with Gasteiger partial charge in [0, 0.05) is 46.0 Å². The molecule has 1 aliphatic heterocycles. The van der Waals surface area contributed by atoms with E-state index in [-0.39, 0.29) is 12.5 Å². The van der Waals surface area contributed by atoms with Crippen molar-refractivity contribution in [2.24, 2.45) is 0 Å². The van der Waals surface area contributed by atoms with Crippen molar-refractivity contribution < 1.29 is 9.53 Å². The van der Waals surface area contributed by atoms with Crippen molar-refractivity contribution in [3.8, 4) is 5.75 Å². The van der Waals surface area contributed by atoms with Gasteiger partial charge in [-0.25, -0.2) is 0 Å². The van der Waals surface area contributed by atoms with Gasteiger partial charge in [0.1, 0.15) is 12.4 Å². The predicted molar refractivity (Wildman–Crippen MR) is 162 cm³/mol. The molecule has 1 aliphatic rings. The number of nitrogens with zero attached hydrogens (tertiary/aromatic N) is 2. The first-order chi connectivity index (χ1) is 17.7. The number of ether oxygens (including phenoxy) is 1. The van der Waals surface area contributed by atoms with Crippen LogP contribution in [0.1, 0.15) is 36.1 Å². The highest BCUT2D eigenvalue weighted by atomic mass is 35.5. The van der Waals surface area contributed by atoms with Crippen LogP contribution in [0.4, 0.5) is 11.4 Å². The Morgan fingerprint density at radius 2 is 1.76 bits per heavy atom. The summed E-state index contributed by atoms with van der Waals surface area (Å²) in [5, 5.41) is 1.12. The molecule has 0 radical (unpaired) electrons. The van der Waals surface area contributed by atoms with Crippen LogP contribution in [0.15, 0.2) is 59.5 Å². The molecule has 1 saturated heterocycles. The molecule has 1 fully saturated rings. The quantitative estimate of drug-likeness (QED) is 0.200. The molecule has 0 bridgehead atoms. The Bertz CT molecular complexity index is 1390. The SMILES string of the molecule is CCN(CC)c1ccc(C=C2SC(=S)N(c3ccc(C)c(C)c3)C2=O)c(OCc2ccc(Cl)cc2Cl)c1. The summed E-state index contributed by atoms with van der Waals surface area (Å²) >= 11 is 19.3. The van der Waals surface area contributed by atoms with Crippen LogP contribution < -0.4 is 14.5 Å². The summed E-state index contributed by atoms with van der Waals surface area (Å²) in [4.78, 5) is 17.8. The molecule has 0 saturated carbocycles. The van der Waals surface area contributed by atoms with E-state index in [9.17, 15) is 4.79 Å². The minimum atomic E-state index is -0.141. The van der Waals surface area contributed by atoms with Gasteiger partial charge in [-0.3, -0.25) is 9.69 Å². The number of aryl methyl sites for hydroxylation is 2. The highest BCUT2D eigenvalue weighted by molar-refractivity contribution is 8.27. The maximum atomic E-state index is 13.4. The van der Waals surface area contributed by atoms with Gasteiger partial charge >= 0.3 is 0 Å². The standard InChI is InChI=1S/C29H28Cl2N2O2S2/c1-5-32(6-2)23-12-9-20(26(16-23)35-17-21-8-10-22(30)15-25(21)31)14-27-28(34)33(29(36)37-27)24-11-7-18(3)19(4)13-24/h7-16H,5-6,17H2,1-4H3. The van der Waals surface area contributed by atoms with E-state index in [0.717, 1.165) is 41.2 Å². The lowest BCUT2D eigenvalue weighted by atomic mass is 10.1. The van der Waals surface area contributed by atoms with E-state index in [2.05, 4.69) is 18.7 Å². The molecule has 1 amide bonds. The second kappa shape index (κ2) is 11.9. The number of thioether (sulfide) groups is 1. The fourth-order valence-corrected chi connectivity index (χ4v) is 5.80. The first kappa shape index (κ1) is 27.5. The number of anilines is 2. The van der Waals surface area contributed by atoms with Gasteiger partial charge in [-0.1, -0.05) is 59.3 Å². The number of rotatable bonds is 8. The molecule has 8 heteroatoms. The normalized spacial score (nSPS) is 14.5. The third-order valence-electron chi connectivity index (χ3n) is 6.35. The van der Waals surface area contributed by atoms with Crippen LogP contribution in [-0.4, -0.2) is 23.3 Å². The molecule has 37 heavy (non-hydrogen) atoms. The summed E-state index contributed by atoms with van der Waals surface area (Å²) in [5.41, 5.74) is 5.72. The summed E-state index contributed by atoms with van der Waals surface area (Å²) in [5.74, 6) is 0.518. The van der Waals surface area contributed by atoms with Crippen LogP contribution in [0.2, 0.25) is 10.0 Å². The fourth-order valence-electron chi connectivity index (χ4n) is 4.04. The smallest absolute Gasteiger partial charge is 0.270 e. The van der Waals surface area contributed by atoms with E-state index < -0.39 is 0 Å². The Balaban J connectivity index is 1.68. The number of hydrogen-bond acceptors (Lipinski definition) is 5. The zero-order valence-corrected chi connectivity index (χ0v) is 24.3. The number of amides is 1. The van der Waals surface area contributed by atoms with Crippen molar-refractivity contribution in [2.75, 3.05) is 22.9 Å². The Morgan fingerprint density at radius 1 is 1.00 bits per heavy atom. The second-order valence-electron chi connectivity index (χ2n) is 8.70. The van der Waals surface area contributed by atoms with Gasteiger partial charge in [0.15, 0.2) is 4.32 Å². The van der Waals surface area contributed by atoms with E-state index in [1.54, 1.807) is 17.0 Å². The average molecular weight is 572 g/mol. The minimum absolute atomic E-state index is 0.141. The van der Waals surface area contributed by atoms with Crippen molar-refractivity contribution in [2.45, 2.75) is 34.3 Å². The summed E-state index contributed by atoms with van der Waals surface area (Å²) < 4.78 is 6.78. The number of thiocarbonyl (C=S) groups is 1. The average Bonchev–Trinajstić information content (AvgIpc) is 3.14. The van der Waals surface area contributed by atoms with Gasteiger partial charge in [-0.15, -0.1) is 0 Å². The molecule has 1 heterocycles. The molecule has 0 atom stereocenters. The monoisotopic (exact) mass is 570 g/mol. The molecule has 0 aromatic heterocycles. The van der Waals surface area contributed by atoms with Crippen molar-refractivity contribution in [3.05, 3.63) is 91.8 Å². The zero-order valence-electron chi connectivity index (χ0n) is 21.2. The molecular formula is C29H28Cl2N2O2S2. The minimum Gasteiger partial charge on any atom is -0.488 e. The van der Waals surface area contributed by atoms with Crippen LogP contribution in [0.3, 0.4) is 0 Å². The van der Waals surface area contributed by atoms with E-state index >= 15 is 0 Å². The number of carbonyl (C=O) groups excluding carboxylic acids is 1. The van der Waals surface area contributed by atoms with Crippen LogP contribution in [0, 0.1) is 13.8 Å². The van der Waals surface area contributed by atoms with Crippen molar-refractivity contribution >= 4 is 74.9 Å². The second-order valence-corrected chi connectivity index (χ2v) is 11.2. The maximum Gasteiger partial charge on any atom is 0.270 e. The third kappa shape index (κ3) is 6.15. The first-order valence-corrected chi connectivity index (χ1v) is 14.0. The lowest BCUT2D eigenvalue weighted by molar-refractivity contribution is -0.113. The Labute approximate surface area is 238 Å². The van der Waals surface area contributed by atoms with Crippen LogP contribution in [0.25, 0.3) is 6.08 Å². The summed E-state index contributed by atoms with van der Waals surface area (Å²) in [6.45, 7) is 10.3. The summed E-state index contributed by atoms with van der Waals surface area (Å²) in [7, 11) is 0. The number of carbonyl (C=O) groups is 1. The topological polar surface area (TPSA) is 32.8 Å². The molecule has 3 aromatic rings. The molecule has 4 nitrogen and oxygen atoms in total. The zero-order chi connectivity index (χ0) is 26.7. The summed E-state index contributed by atoms with van der Waals surface area (Å²) in [6.07, 6.45) is 1.85. The van der Waals surface area contributed by atoms with Crippen LogP contribution in [-0.2, 0) is 11.4 Å². The number of hydrogen-bond donors (Lipinski definition) is 0. The maximum absolute atomic E-state index is 13.4. The van der Waals surface area contributed by atoms with Gasteiger partial charge in [0.2, 0.25) is 0 Å². The number of halogens is 2.